The third-order valence-corrected chi connectivity index (χ3v) is 3.40. The maximum atomic E-state index is 10.7. The third-order valence-electron chi connectivity index (χ3n) is 2.79. The van der Waals surface area contributed by atoms with E-state index < -0.39 is 12.0 Å². The summed E-state index contributed by atoms with van der Waals surface area (Å²) in [5, 5.41) is 9.78. The molecule has 0 aliphatic heterocycles. The van der Waals surface area contributed by atoms with Gasteiger partial charge in [0.2, 0.25) is 0 Å². The Labute approximate surface area is 107 Å². The zero-order valence-electron chi connectivity index (χ0n) is 9.35. The Balaban J connectivity index is 2.57. The highest BCUT2D eigenvalue weighted by molar-refractivity contribution is 9.10. The van der Waals surface area contributed by atoms with Crippen LogP contribution < -0.4 is 5.73 Å². The van der Waals surface area contributed by atoms with Crippen LogP contribution in [0.5, 0.6) is 0 Å². The van der Waals surface area contributed by atoms with E-state index in [0.29, 0.717) is 0 Å². The highest BCUT2D eigenvalue weighted by Gasteiger charge is 2.16. The Morgan fingerprint density at radius 2 is 2.29 bits per heavy atom. The quantitative estimate of drug-likeness (QED) is 0.914. The summed E-state index contributed by atoms with van der Waals surface area (Å²) in [6.45, 7) is 0. The van der Waals surface area contributed by atoms with Gasteiger partial charge in [0.15, 0.2) is 0 Å². The normalized spacial score (nSPS) is 12.9. The first-order chi connectivity index (χ1) is 8.00. The molecule has 2 rings (SSSR count). The Bertz CT molecular complexity index is 577. The molecule has 0 saturated heterocycles. The van der Waals surface area contributed by atoms with Gasteiger partial charge in [-0.15, -0.1) is 0 Å². The van der Waals surface area contributed by atoms with E-state index in [1.165, 1.54) is 0 Å². The first-order valence-corrected chi connectivity index (χ1v) is 6.01. The van der Waals surface area contributed by atoms with Crippen LogP contribution in [0.2, 0.25) is 0 Å². The minimum Gasteiger partial charge on any atom is -0.481 e. The summed E-state index contributed by atoms with van der Waals surface area (Å²) in [7, 11) is 1.94. The molecule has 0 aliphatic carbocycles. The maximum Gasteiger partial charge on any atom is 0.305 e. The van der Waals surface area contributed by atoms with Crippen molar-refractivity contribution in [2.24, 2.45) is 12.8 Å². The summed E-state index contributed by atoms with van der Waals surface area (Å²) in [6.07, 6.45) is 1.88. The Morgan fingerprint density at radius 3 is 2.94 bits per heavy atom. The Hall–Kier alpha value is -1.33. The lowest BCUT2D eigenvalue weighted by atomic mass is 10.0. The predicted molar refractivity (Wildman–Crippen MR) is 69.8 cm³/mol. The number of benzene rings is 1. The van der Waals surface area contributed by atoms with E-state index in [-0.39, 0.29) is 6.42 Å². The summed E-state index contributed by atoms with van der Waals surface area (Å²) in [4.78, 5) is 10.7. The zero-order chi connectivity index (χ0) is 12.6. The molecule has 1 heterocycles. The van der Waals surface area contributed by atoms with Crippen molar-refractivity contribution < 1.29 is 9.90 Å². The molecule has 17 heavy (non-hydrogen) atoms. The standard InChI is InChI=1S/C12H13BrN2O2/c1-15-6-8(13)12-7(3-2-4-10(12)15)9(14)5-11(16)17/h2-4,6,9H,5,14H2,1H3,(H,16,17). The third kappa shape index (κ3) is 2.21. The first-order valence-electron chi connectivity index (χ1n) is 5.21. The number of carbonyl (C=O) groups is 1. The smallest absolute Gasteiger partial charge is 0.305 e. The van der Waals surface area contributed by atoms with Gasteiger partial charge in [0.05, 0.1) is 6.42 Å². The molecule has 0 aliphatic rings. The molecule has 90 valence electrons. The lowest BCUT2D eigenvalue weighted by molar-refractivity contribution is -0.137. The lowest BCUT2D eigenvalue weighted by Gasteiger charge is -2.11. The molecule has 0 amide bonds. The van der Waals surface area contributed by atoms with Crippen molar-refractivity contribution in [2.75, 3.05) is 0 Å². The highest BCUT2D eigenvalue weighted by Crippen LogP contribution is 2.32. The van der Waals surface area contributed by atoms with Gasteiger partial charge in [-0.25, -0.2) is 0 Å². The average molecular weight is 297 g/mol. The van der Waals surface area contributed by atoms with Gasteiger partial charge >= 0.3 is 5.97 Å². The first kappa shape index (κ1) is 12.1. The van der Waals surface area contributed by atoms with E-state index in [1.54, 1.807) is 0 Å². The van der Waals surface area contributed by atoms with Crippen molar-refractivity contribution >= 4 is 32.8 Å². The van der Waals surface area contributed by atoms with Crippen molar-refractivity contribution in [1.29, 1.82) is 0 Å². The Morgan fingerprint density at radius 1 is 1.59 bits per heavy atom. The van der Waals surface area contributed by atoms with E-state index in [1.807, 2.05) is 36.0 Å². The molecule has 5 heteroatoms. The summed E-state index contributed by atoms with van der Waals surface area (Å²) in [6, 6.07) is 5.26. The molecule has 0 saturated carbocycles. The molecule has 0 fully saturated rings. The second-order valence-corrected chi connectivity index (χ2v) is 4.89. The number of aryl methyl sites for hydroxylation is 1. The van der Waals surface area contributed by atoms with Crippen LogP contribution in [0, 0.1) is 0 Å². The molecule has 0 radical (unpaired) electrons. The van der Waals surface area contributed by atoms with E-state index in [0.717, 1.165) is 20.9 Å². The molecule has 1 aromatic heterocycles. The number of rotatable bonds is 3. The molecule has 0 bridgehead atoms. The summed E-state index contributed by atoms with van der Waals surface area (Å²) >= 11 is 3.48. The summed E-state index contributed by atoms with van der Waals surface area (Å²) in [5.74, 6) is -0.887. The largest absolute Gasteiger partial charge is 0.481 e. The van der Waals surface area contributed by atoms with Gasteiger partial charge < -0.3 is 15.4 Å². The van der Waals surface area contributed by atoms with Crippen LogP contribution in [0.1, 0.15) is 18.0 Å². The topological polar surface area (TPSA) is 68.2 Å². The zero-order valence-corrected chi connectivity index (χ0v) is 10.9. The Kier molecular flexibility index (Phi) is 3.22. The molecule has 4 nitrogen and oxygen atoms in total. The fourth-order valence-corrected chi connectivity index (χ4v) is 2.76. The number of aromatic nitrogens is 1. The van der Waals surface area contributed by atoms with Gasteiger partial charge in [0, 0.05) is 34.7 Å². The average Bonchev–Trinajstić information content (AvgIpc) is 2.54. The molecule has 2 aromatic rings. The number of nitrogens with two attached hydrogens (primary N) is 1. The molecular weight excluding hydrogens is 284 g/mol. The van der Waals surface area contributed by atoms with Gasteiger partial charge in [-0.3, -0.25) is 4.79 Å². The van der Waals surface area contributed by atoms with Crippen LogP contribution >= 0.6 is 15.9 Å². The van der Waals surface area contributed by atoms with E-state index >= 15 is 0 Å². The van der Waals surface area contributed by atoms with Crippen LogP contribution in [0.15, 0.2) is 28.9 Å². The van der Waals surface area contributed by atoms with Crippen molar-refractivity contribution in [2.45, 2.75) is 12.5 Å². The SMILES string of the molecule is Cn1cc(Br)c2c(C(N)CC(=O)O)cccc21. The lowest BCUT2D eigenvalue weighted by Crippen LogP contribution is -2.15. The number of fused-ring (bicyclic) bond motifs is 1. The maximum absolute atomic E-state index is 10.7. The molecule has 1 atom stereocenters. The monoisotopic (exact) mass is 296 g/mol. The number of hydrogen-bond acceptors (Lipinski definition) is 2. The number of hydrogen-bond donors (Lipinski definition) is 2. The number of carboxylic acids is 1. The summed E-state index contributed by atoms with van der Waals surface area (Å²) in [5.41, 5.74) is 7.83. The van der Waals surface area contributed by atoms with Crippen molar-refractivity contribution in [3.05, 3.63) is 34.4 Å². The van der Waals surface area contributed by atoms with Crippen LogP contribution in [0.4, 0.5) is 0 Å². The second-order valence-electron chi connectivity index (χ2n) is 4.03. The van der Waals surface area contributed by atoms with E-state index in [4.69, 9.17) is 10.8 Å². The van der Waals surface area contributed by atoms with Crippen molar-refractivity contribution in [3.63, 3.8) is 0 Å². The highest BCUT2D eigenvalue weighted by atomic mass is 79.9. The van der Waals surface area contributed by atoms with Gasteiger partial charge in [0.1, 0.15) is 0 Å². The van der Waals surface area contributed by atoms with Gasteiger partial charge in [0.25, 0.3) is 0 Å². The molecule has 1 unspecified atom stereocenters. The van der Waals surface area contributed by atoms with Crippen LogP contribution in [0.3, 0.4) is 0 Å². The van der Waals surface area contributed by atoms with Gasteiger partial charge in [-0.1, -0.05) is 12.1 Å². The molecule has 0 spiro atoms. The summed E-state index contributed by atoms with van der Waals surface area (Å²) < 4.78 is 2.92. The van der Waals surface area contributed by atoms with Crippen LogP contribution in [0.25, 0.3) is 10.9 Å². The fourth-order valence-electron chi connectivity index (χ4n) is 2.02. The number of aliphatic carboxylic acids is 1. The fraction of sp³-hybridized carbons (Fsp3) is 0.250. The van der Waals surface area contributed by atoms with Crippen molar-refractivity contribution in [3.8, 4) is 0 Å². The van der Waals surface area contributed by atoms with E-state index in [2.05, 4.69) is 15.9 Å². The van der Waals surface area contributed by atoms with Gasteiger partial charge in [-0.05, 0) is 27.6 Å². The minimum atomic E-state index is -0.887. The van der Waals surface area contributed by atoms with Crippen LogP contribution in [-0.4, -0.2) is 15.6 Å². The second kappa shape index (κ2) is 4.50. The molecule has 1 aromatic carbocycles. The number of nitrogens with zero attached hydrogens (tertiary/aromatic N) is 1. The molecule has 3 N–H and O–H groups in total. The predicted octanol–water partition coefficient (Wildman–Crippen LogP) is 2.42. The number of halogens is 1. The van der Waals surface area contributed by atoms with Crippen LogP contribution in [-0.2, 0) is 11.8 Å². The van der Waals surface area contributed by atoms with Gasteiger partial charge in [-0.2, -0.15) is 0 Å². The number of carboxylic acid groups (broad SMARTS) is 1. The van der Waals surface area contributed by atoms with E-state index in [9.17, 15) is 4.79 Å². The van der Waals surface area contributed by atoms with Crippen molar-refractivity contribution in [1.82, 2.24) is 4.57 Å². The minimum absolute atomic E-state index is 0.0690. The molecular formula is C12H13BrN2O2.